The number of rotatable bonds is 2. The van der Waals surface area contributed by atoms with E-state index < -0.39 is 23.1 Å². The van der Waals surface area contributed by atoms with E-state index >= 15 is 0 Å². The summed E-state index contributed by atoms with van der Waals surface area (Å²) >= 11 is 0. The zero-order valence-electron chi connectivity index (χ0n) is 7.94. The van der Waals surface area contributed by atoms with Crippen molar-refractivity contribution in [1.82, 2.24) is 0 Å². The van der Waals surface area contributed by atoms with Crippen molar-refractivity contribution in [2.24, 2.45) is 0 Å². The first-order valence-electron chi connectivity index (χ1n) is 4.15. The lowest BCUT2D eigenvalue weighted by Crippen LogP contribution is -1.94. The quantitative estimate of drug-likeness (QED) is 0.468. The Morgan fingerprint density at radius 1 is 1.56 bits per heavy atom. The minimum atomic E-state index is -1.15. The fourth-order valence-electron chi connectivity index (χ4n) is 0.983. The van der Waals surface area contributed by atoms with Crippen LogP contribution in [0.2, 0.25) is 0 Å². The molecule has 0 aliphatic rings. The third kappa shape index (κ3) is 3.06. The molecule has 1 aromatic rings. The van der Waals surface area contributed by atoms with Gasteiger partial charge in [-0.15, -0.1) is 0 Å². The highest BCUT2D eigenvalue weighted by atomic mass is 19.1. The predicted octanol–water partition coefficient (Wildman–Crippen LogP) is 1.56. The van der Waals surface area contributed by atoms with Gasteiger partial charge in [-0.3, -0.25) is 14.9 Å². The smallest absolute Gasteiger partial charge is 0.315 e. The number of carboxylic acid groups (broad SMARTS) is 1. The van der Waals surface area contributed by atoms with E-state index in [4.69, 9.17) is 5.11 Å². The molecule has 1 aromatic carbocycles. The Labute approximate surface area is 89.7 Å². The molecule has 0 spiro atoms. The van der Waals surface area contributed by atoms with Gasteiger partial charge in [0.1, 0.15) is 17.8 Å². The van der Waals surface area contributed by atoms with Crippen molar-refractivity contribution in [1.29, 1.82) is 0 Å². The van der Waals surface area contributed by atoms with Gasteiger partial charge in [0.15, 0.2) is 0 Å². The number of hydrogen-bond donors (Lipinski definition) is 1. The fourth-order valence-corrected chi connectivity index (χ4v) is 0.983. The summed E-state index contributed by atoms with van der Waals surface area (Å²) in [5.74, 6) is 2.65. The second-order valence-corrected chi connectivity index (χ2v) is 2.79. The van der Waals surface area contributed by atoms with Crippen LogP contribution in [0, 0.1) is 27.8 Å². The van der Waals surface area contributed by atoms with Gasteiger partial charge >= 0.3 is 5.97 Å². The molecular formula is C10H6FNO4. The molecule has 0 saturated carbocycles. The van der Waals surface area contributed by atoms with Gasteiger partial charge in [-0.25, -0.2) is 4.39 Å². The van der Waals surface area contributed by atoms with Gasteiger partial charge in [-0.2, -0.15) is 0 Å². The Kier molecular flexibility index (Phi) is 3.56. The second kappa shape index (κ2) is 4.89. The van der Waals surface area contributed by atoms with Crippen molar-refractivity contribution in [3.05, 3.63) is 39.7 Å². The number of halogens is 1. The molecule has 6 heteroatoms. The van der Waals surface area contributed by atoms with E-state index in [9.17, 15) is 19.3 Å². The first kappa shape index (κ1) is 11.7. The van der Waals surface area contributed by atoms with Crippen LogP contribution in [0.4, 0.5) is 10.1 Å². The molecule has 0 radical (unpaired) electrons. The molecular weight excluding hydrogens is 217 g/mol. The number of hydrogen-bond acceptors (Lipinski definition) is 3. The topological polar surface area (TPSA) is 80.4 Å². The third-order valence-corrected chi connectivity index (χ3v) is 1.62. The van der Waals surface area contributed by atoms with Crippen LogP contribution in [0.1, 0.15) is 12.0 Å². The van der Waals surface area contributed by atoms with E-state index in [0.29, 0.717) is 0 Å². The number of aliphatic carboxylic acids is 1. The number of benzene rings is 1. The molecule has 1 rings (SSSR count). The standard InChI is InChI=1S/C10H6FNO4/c11-8-4-5-9(12(15)16)7(6-8)2-1-3-10(13)14/h4-6H,3H2,(H,13,14). The van der Waals surface area contributed by atoms with Crippen LogP contribution in [0.3, 0.4) is 0 Å². The Balaban J connectivity index is 3.08. The van der Waals surface area contributed by atoms with Crippen molar-refractivity contribution in [3.8, 4) is 11.8 Å². The maximum atomic E-state index is 12.8. The van der Waals surface area contributed by atoms with Gasteiger partial charge in [-0.1, -0.05) is 11.8 Å². The molecule has 5 nitrogen and oxygen atoms in total. The number of nitrogens with zero attached hydrogens (tertiary/aromatic N) is 1. The lowest BCUT2D eigenvalue weighted by Gasteiger charge is -1.94. The average Bonchev–Trinajstić information content (AvgIpc) is 2.16. The van der Waals surface area contributed by atoms with Crippen LogP contribution < -0.4 is 0 Å². The third-order valence-electron chi connectivity index (χ3n) is 1.62. The fraction of sp³-hybridized carbons (Fsp3) is 0.100. The van der Waals surface area contributed by atoms with E-state index in [1.165, 1.54) is 0 Å². The van der Waals surface area contributed by atoms with Crippen molar-refractivity contribution in [2.75, 3.05) is 0 Å². The normalized spacial score (nSPS) is 9.06. The van der Waals surface area contributed by atoms with Crippen molar-refractivity contribution >= 4 is 11.7 Å². The van der Waals surface area contributed by atoms with E-state index in [1.807, 2.05) is 0 Å². The van der Waals surface area contributed by atoms with Crippen LogP contribution in [-0.2, 0) is 4.79 Å². The first-order chi connectivity index (χ1) is 7.50. The van der Waals surface area contributed by atoms with Crippen LogP contribution in [-0.4, -0.2) is 16.0 Å². The highest BCUT2D eigenvalue weighted by molar-refractivity contribution is 5.70. The largest absolute Gasteiger partial charge is 0.481 e. The number of carboxylic acids is 1. The summed E-state index contributed by atoms with van der Waals surface area (Å²) < 4.78 is 12.8. The maximum absolute atomic E-state index is 12.8. The Hall–Kier alpha value is -2.42. The molecule has 0 saturated heterocycles. The van der Waals surface area contributed by atoms with Crippen LogP contribution in [0.5, 0.6) is 0 Å². The number of nitro groups is 1. The highest BCUT2D eigenvalue weighted by Crippen LogP contribution is 2.18. The molecule has 0 heterocycles. The highest BCUT2D eigenvalue weighted by Gasteiger charge is 2.12. The van der Waals surface area contributed by atoms with Crippen molar-refractivity contribution in [3.63, 3.8) is 0 Å². The molecule has 1 N–H and O–H groups in total. The molecule has 0 aliphatic heterocycles. The summed E-state index contributed by atoms with van der Waals surface area (Å²) in [6.07, 6.45) is -0.451. The van der Waals surface area contributed by atoms with Crippen LogP contribution >= 0.6 is 0 Å². The monoisotopic (exact) mass is 223 g/mol. The van der Waals surface area contributed by atoms with Gasteiger partial charge in [0, 0.05) is 6.07 Å². The summed E-state index contributed by atoms with van der Waals surface area (Å²) in [7, 11) is 0. The Morgan fingerprint density at radius 3 is 2.81 bits per heavy atom. The summed E-state index contributed by atoms with van der Waals surface area (Å²) in [6, 6.07) is 2.83. The van der Waals surface area contributed by atoms with Gasteiger partial charge in [0.25, 0.3) is 5.69 Å². The number of nitro benzene ring substituents is 1. The maximum Gasteiger partial charge on any atom is 0.315 e. The van der Waals surface area contributed by atoms with Crippen LogP contribution in [0.25, 0.3) is 0 Å². The van der Waals surface area contributed by atoms with E-state index in [2.05, 4.69) is 11.8 Å². The molecule has 82 valence electrons. The number of carbonyl (C=O) groups is 1. The van der Waals surface area contributed by atoms with E-state index in [1.54, 1.807) is 0 Å². The Bertz CT molecular complexity index is 501. The second-order valence-electron chi connectivity index (χ2n) is 2.79. The molecule has 0 unspecified atom stereocenters. The molecule has 0 fully saturated rings. The predicted molar refractivity (Wildman–Crippen MR) is 52.2 cm³/mol. The van der Waals surface area contributed by atoms with Crippen molar-refractivity contribution < 1.29 is 19.2 Å². The van der Waals surface area contributed by atoms with Gasteiger partial charge < -0.3 is 5.11 Å². The van der Waals surface area contributed by atoms with E-state index in [-0.39, 0.29) is 11.3 Å². The summed E-state index contributed by atoms with van der Waals surface area (Å²) in [5.41, 5.74) is -0.481. The molecule has 0 aliphatic carbocycles. The summed E-state index contributed by atoms with van der Waals surface area (Å²) in [4.78, 5) is 20.0. The molecule has 0 atom stereocenters. The van der Waals surface area contributed by atoms with Gasteiger partial charge in [0.05, 0.1) is 4.92 Å². The minimum absolute atomic E-state index is 0.133. The first-order valence-corrected chi connectivity index (χ1v) is 4.15. The van der Waals surface area contributed by atoms with E-state index in [0.717, 1.165) is 18.2 Å². The molecule has 16 heavy (non-hydrogen) atoms. The zero-order valence-corrected chi connectivity index (χ0v) is 7.94. The summed E-state index contributed by atoms with van der Waals surface area (Å²) in [6.45, 7) is 0. The van der Waals surface area contributed by atoms with Crippen molar-refractivity contribution in [2.45, 2.75) is 6.42 Å². The lowest BCUT2D eigenvalue weighted by molar-refractivity contribution is -0.385. The van der Waals surface area contributed by atoms with Crippen LogP contribution in [0.15, 0.2) is 18.2 Å². The summed E-state index contributed by atoms with van der Waals surface area (Å²) in [5, 5.41) is 18.8. The Morgan fingerprint density at radius 2 is 2.25 bits per heavy atom. The zero-order chi connectivity index (χ0) is 12.1. The minimum Gasteiger partial charge on any atom is -0.481 e. The van der Waals surface area contributed by atoms with Gasteiger partial charge in [-0.05, 0) is 12.1 Å². The molecule has 0 aromatic heterocycles. The lowest BCUT2D eigenvalue weighted by atomic mass is 10.2. The average molecular weight is 223 g/mol. The SMILES string of the molecule is O=C(O)CC#Cc1cc(F)ccc1[N+](=O)[O-]. The molecule has 0 amide bonds. The van der Waals surface area contributed by atoms with Gasteiger partial charge in [0.2, 0.25) is 0 Å². The molecule has 0 bridgehead atoms.